The number of nitrogens with one attached hydrogen (secondary N) is 2. The van der Waals surface area contributed by atoms with Gasteiger partial charge in [-0.1, -0.05) is 35.9 Å². The molecule has 1 aromatic heterocycles. The van der Waals surface area contributed by atoms with E-state index in [2.05, 4.69) is 47.6 Å². The van der Waals surface area contributed by atoms with Crippen LogP contribution in [0.3, 0.4) is 0 Å². The molecule has 0 fully saturated rings. The van der Waals surface area contributed by atoms with E-state index in [9.17, 15) is 4.79 Å². The fraction of sp³-hybridized carbons (Fsp3) is 0.222. The van der Waals surface area contributed by atoms with Gasteiger partial charge in [0.2, 0.25) is 0 Å². The summed E-state index contributed by atoms with van der Waals surface area (Å²) in [5, 5.41) is 4.20. The Balaban J connectivity index is 1.56. The summed E-state index contributed by atoms with van der Waals surface area (Å²) >= 11 is 0. The zero-order valence-corrected chi connectivity index (χ0v) is 19.0. The fourth-order valence-electron chi connectivity index (χ4n) is 4.60. The molecule has 0 unspecified atom stereocenters. The second kappa shape index (κ2) is 8.54. The van der Waals surface area contributed by atoms with Crippen molar-refractivity contribution in [1.82, 2.24) is 9.88 Å². The number of anilines is 1. The Morgan fingerprint density at radius 1 is 1.00 bits per heavy atom. The highest BCUT2D eigenvalue weighted by Gasteiger charge is 2.34. The predicted octanol–water partition coefficient (Wildman–Crippen LogP) is 5.67. The molecule has 4 aromatic rings. The molecule has 0 bridgehead atoms. The molecule has 3 aromatic carbocycles. The number of nitrogens with zero attached hydrogens (tertiary/aromatic N) is 1. The number of urea groups is 1. The van der Waals surface area contributed by atoms with Gasteiger partial charge in [0.1, 0.15) is 11.5 Å². The van der Waals surface area contributed by atoms with E-state index in [0.29, 0.717) is 18.0 Å². The van der Waals surface area contributed by atoms with Crippen molar-refractivity contribution in [2.75, 3.05) is 26.1 Å². The molecule has 0 radical (unpaired) electrons. The molecule has 33 heavy (non-hydrogen) atoms. The van der Waals surface area contributed by atoms with Gasteiger partial charge in [0, 0.05) is 34.9 Å². The van der Waals surface area contributed by atoms with Crippen LogP contribution in [0.25, 0.3) is 10.9 Å². The maximum atomic E-state index is 13.5. The third-order valence-corrected chi connectivity index (χ3v) is 6.31. The Morgan fingerprint density at radius 3 is 2.52 bits per heavy atom. The Bertz CT molecular complexity index is 1310. The molecule has 1 aliphatic heterocycles. The van der Waals surface area contributed by atoms with Gasteiger partial charge in [-0.2, -0.15) is 0 Å². The Kier molecular flexibility index (Phi) is 5.42. The van der Waals surface area contributed by atoms with E-state index >= 15 is 0 Å². The second-order valence-corrected chi connectivity index (χ2v) is 8.35. The third-order valence-electron chi connectivity index (χ3n) is 6.31. The number of ether oxygens (including phenoxy) is 2. The summed E-state index contributed by atoms with van der Waals surface area (Å²) in [5.74, 6) is 1.53. The quantitative estimate of drug-likeness (QED) is 0.429. The molecule has 0 aliphatic carbocycles. The van der Waals surface area contributed by atoms with Crippen LogP contribution >= 0.6 is 0 Å². The highest BCUT2D eigenvalue weighted by Crippen LogP contribution is 2.39. The molecule has 5 rings (SSSR count). The number of H-pyrrole nitrogens is 1. The minimum atomic E-state index is -0.224. The lowest BCUT2D eigenvalue weighted by Gasteiger charge is -2.36. The van der Waals surface area contributed by atoms with E-state index in [1.54, 1.807) is 14.2 Å². The van der Waals surface area contributed by atoms with Crippen LogP contribution in [0.5, 0.6) is 11.5 Å². The number of hydrogen-bond donors (Lipinski definition) is 2. The summed E-state index contributed by atoms with van der Waals surface area (Å²) < 4.78 is 10.8. The number of hydrogen-bond acceptors (Lipinski definition) is 3. The zero-order chi connectivity index (χ0) is 22.9. The van der Waals surface area contributed by atoms with Gasteiger partial charge in [-0.05, 0) is 54.8 Å². The van der Waals surface area contributed by atoms with Crippen LogP contribution in [-0.4, -0.2) is 36.7 Å². The van der Waals surface area contributed by atoms with Crippen molar-refractivity contribution in [1.29, 1.82) is 0 Å². The van der Waals surface area contributed by atoms with E-state index < -0.39 is 0 Å². The molecule has 2 amide bonds. The monoisotopic (exact) mass is 441 g/mol. The number of carbonyl (C=O) groups is 1. The molecule has 2 N–H and O–H groups in total. The van der Waals surface area contributed by atoms with Gasteiger partial charge in [-0.15, -0.1) is 0 Å². The first-order valence-corrected chi connectivity index (χ1v) is 11.0. The summed E-state index contributed by atoms with van der Waals surface area (Å²) in [7, 11) is 3.30. The maximum absolute atomic E-state index is 13.5. The number of fused-ring (bicyclic) bond motifs is 3. The molecular formula is C27H27N3O3. The zero-order valence-electron chi connectivity index (χ0n) is 19.0. The van der Waals surface area contributed by atoms with Gasteiger partial charge in [-0.3, -0.25) is 0 Å². The second-order valence-electron chi connectivity index (χ2n) is 8.35. The highest BCUT2D eigenvalue weighted by atomic mass is 16.5. The van der Waals surface area contributed by atoms with Crippen LogP contribution in [0.1, 0.15) is 28.4 Å². The fourth-order valence-corrected chi connectivity index (χ4v) is 4.60. The van der Waals surface area contributed by atoms with E-state index in [-0.39, 0.29) is 12.1 Å². The predicted molar refractivity (Wildman–Crippen MR) is 130 cm³/mol. The van der Waals surface area contributed by atoms with Crippen molar-refractivity contribution in [2.24, 2.45) is 0 Å². The number of aromatic amines is 1. The van der Waals surface area contributed by atoms with Crippen molar-refractivity contribution in [3.63, 3.8) is 0 Å². The lowest BCUT2D eigenvalue weighted by Crippen LogP contribution is -2.43. The molecular weight excluding hydrogens is 414 g/mol. The number of amides is 2. The molecule has 1 atom stereocenters. The van der Waals surface area contributed by atoms with Crippen molar-refractivity contribution in [2.45, 2.75) is 19.4 Å². The lowest BCUT2D eigenvalue weighted by molar-refractivity contribution is 0.193. The van der Waals surface area contributed by atoms with E-state index in [1.807, 2.05) is 41.3 Å². The van der Waals surface area contributed by atoms with Crippen LogP contribution in [-0.2, 0) is 6.42 Å². The number of aromatic nitrogens is 1. The molecule has 1 aliphatic rings. The van der Waals surface area contributed by atoms with Gasteiger partial charge in [0.15, 0.2) is 0 Å². The molecule has 2 heterocycles. The van der Waals surface area contributed by atoms with Gasteiger partial charge < -0.3 is 24.7 Å². The summed E-state index contributed by atoms with van der Waals surface area (Å²) in [6.07, 6.45) is 0.760. The van der Waals surface area contributed by atoms with Gasteiger partial charge in [-0.25, -0.2) is 4.79 Å². The van der Waals surface area contributed by atoms with Crippen molar-refractivity contribution >= 4 is 22.6 Å². The number of methoxy groups -OCH3 is 2. The molecule has 6 heteroatoms. The Hall–Kier alpha value is -3.93. The highest BCUT2D eigenvalue weighted by molar-refractivity contribution is 5.92. The molecule has 0 spiro atoms. The van der Waals surface area contributed by atoms with E-state index in [0.717, 1.165) is 34.3 Å². The van der Waals surface area contributed by atoms with Crippen molar-refractivity contribution in [3.05, 3.63) is 89.1 Å². The number of aryl methyl sites for hydroxylation is 1. The topological polar surface area (TPSA) is 66.6 Å². The lowest BCUT2D eigenvalue weighted by atomic mass is 9.92. The van der Waals surface area contributed by atoms with Gasteiger partial charge in [0.25, 0.3) is 0 Å². The minimum Gasteiger partial charge on any atom is -0.497 e. The molecule has 6 nitrogen and oxygen atoms in total. The standard InChI is InChI=1S/C27H27N3O3/c1-17-7-9-18(10-8-17)26-25-22(23-16-21(33-3)11-12-24(23)29-25)13-14-30(26)27(31)28-19-5-4-6-20(15-19)32-2/h4-12,15-16,26,29H,13-14H2,1-3H3,(H,28,31)/t26-/m0/s1. The molecule has 168 valence electrons. The van der Waals surface area contributed by atoms with Crippen LogP contribution < -0.4 is 14.8 Å². The molecule has 0 saturated heterocycles. The smallest absolute Gasteiger partial charge is 0.322 e. The minimum absolute atomic E-state index is 0.143. The largest absolute Gasteiger partial charge is 0.497 e. The Morgan fingerprint density at radius 2 is 1.76 bits per heavy atom. The summed E-state index contributed by atoms with van der Waals surface area (Å²) in [6, 6.07) is 21.5. The third kappa shape index (κ3) is 3.89. The number of carbonyl (C=O) groups excluding carboxylic acids is 1. The average molecular weight is 442 g/mol. The SMILES string of the molecule is COc1cccc(NC(=O)N2CCc3c([nH]c4ccc(OC)cc34)[C@@H]2c2ccc(C)cc2)c1. The van der Waals surface area contributed by atoms with E-state index in [1.165, 1.54) is 11.1 Å². The molecule has 0 saturated carbocycles. The number of benzene rings is 3. The maximum Gasteiger partial charge on any atom is 0.322 e. The normalized spacial score (nSPS) is 15.2. The first-order chi connectivity index (χ1) is 16.1. The summed E-state index contributed by atoms with van der Waals surface area (Å²) in [4.78, 5) is 19.0. The van der Waals surface area contributed by atoms with Crippen LogP contribution in [0.2, 0.25) is 0 Å². The van der Waals surface area contributed by atoms with E-state index in [4.69, 9.17) is 9.47 Å². The van der Waals surface area contributed by atoms with Crippen LogP contribution in [0.15, 0.2) is 66.7 Å². The Labute approximate surface area is 193 Å². The van der Waals surface area contributed by atoms with Crippen LogP contribution in [0, 0.1) is 6.92 Å². The average Bonchev–Trinajstić information content (AvgIpc) is 3.22. The van der Waals surface area contributed by atoms with Gasteiger partial charge in [0.05, 0.1) is 20.3 Å². The summed E-state index contributed by atoms with van der Waals surface area (Å²) in [5.41, 5.74) is 6.29. The van der Waals surface area contributed by atoms with Crippen molar-refractivity contribution < 1.29 is 14.3 Å². The van der Waals surface area contributed by atoms with Crippen molar-refractivity contribution in [3.8, 4) is 11.5 Å². The first kappa shape index (κ1) is 20.9. The first-order valence-electron chi connectivity index (χ1n) is 11.0. The van der Waals surface area contributed by atoms with Crippen LogP contribution in [0.4, 0.5) is 10.5 Å². The van der Waals surface area contributed by atoms with Gasteiger partial charge >= 0.3 is 6.03 Å². The summed E-state index contributed by atoms with van der Waals surface area (Å²) in [6.45, 7) is 2.67. The number of rotatable bonds is 4.